The molecular weight excluding hydrogens is 294 g/mol. The van der Waals surface area contributed by atoms with Crippen LogP contribution in [0.25, 0.3) is 32.3 Å². The molecule has 4 aromatic rings. The summed E-state index contributed by atoms with van der Waals surface area (Å²) in [4.78, 5) is 10.1. The van der Waals surface area contributed by atoms with Crippen LogP contribution in [-0.2, 0) is 6.42 Å². The van der Waals surface area contributed by atoms with E-state index in [4.69, 9.17) is 0 Å². The number of nitroso groups, excluding NO2 is 1. The molecule has 0 N–H and O–H groups in total. The summed E-state index contributed by atoms with van der Waals surface area (Å²) in [7, 11) is 0. The molecule has 0 atom stereocenters. The van der Waals surface area contributed by atoms with Crippen LogP contribution in [0, 0.1) is 4.91 Å². The fourth-order valence-corrected chi connectivity index (χ4v) is 3.86. The highest BCUT2D eigenvalue weighted by molar-refractivity contribution is 6.23. The number of hydrogen-bond donors (Lipinski definition) is 0. The van der Waals surface area contributed by atoms with E-state index in [9.17, 15) is 4.91 Å². The lowest BCUT2D eigenvalue weighted by molar-refractivity contribution is 0.647. The van der Waals surface area contributed by atoms with E-state index in [0.29, 0.717) is 6.54 Å². The first-order valence-corrected chi connectivity index (χ1v) is 8.83. The van der Waals surface area contributed by atoms with Crippen molar-refractivity contribution in [2.24, 2.45) is 5.18 Å². The second kappa shape index (κ2) is 6.56. The van der Waals surface area contributed by atoms with Crippen molar-refractivity contribution in [1.29, 1.82) is 0 Å². The normalized spacial score (nSPS) is 11.7. The van der Waals surface area contributed by atoms with Gasteiger partial charge in [0.2, 0.25) is 0 Å². The molecular formula is C22H21NO. The molecule has 4 rings (SSSR count). The van der Waals surface area contributed by atoms with Gasteiger partial charge < -0.3 is 0 Å². The molecule has 120 valence electrons. The van der Waals surface area contributed by atoms with Gasteiger partial charge in [0.15, 0.2) is 0 Å². The Morgan fingerprint density at radius 1 is 0.667 bits per heavy atom. The number of hydrogen-bond acceptors (Lipinski definition) is 2. The average molecular weight is 315 g/mol. The maximum Gasteiger partial charge on any atom is 0.0811 e. The van der Waals surface area contributed by atoms with E-state index in [1.54, 1.807) is 0 Å². The molecule has 2 heteroatoms. The average Bonchev–Trinajstić information content (AvgIpc) is 2.63. The Hall–Kier alpha value is -2.48. The largest absolute Gasteiger partial charge is 0.151 e. The lowest BCUT2D eigenvalue weighted by Gasteiger charge is -2.13. The smallest absolute Gasteiger partial charge is 0.0811 e. The van der Waals surface area contributed by atoms with Gasteiger partial charge in [-0.1, -0.05) is 72.6 Å². The molecule has 0 saturated heterocycles. The summed E-state index contributed by atoms with van der Waals surface area (Å²) in [6.07, 6.45) is 5.45. The minimum atomic E-state index is 0.457. The van der Waals surface area contributed by atoms with Crippen molar-refractivity contribution in [3.63, 3.8) is 0 Å². The minimum absolute atomic E-state index is 0.457. The van der Waals surface area contributed by atoms with Gasteiger partial charge in [-0.2, -0.15) is 4.91 Å². The molecule has 0 aliphatic heterocycles. The van der Waals surface area contributed by atoms with Crippen LogP contribution in [0.3, 0.4) is 0 Å². The van der Waals surface area contributed by atoms with Crippen molar-refractivity contribution in [1.82, 2.24) is 0 Å². The van der Waals surface area contributed by atoms with Crippen molar-refractivity contribution in [2.75, 3.05) is 6.54 Å². The van der Waals surface area contributed by atoms with E-state index in [-0.39, 0.29) is 0 Å². The third-order valence-corrected chi connectivity index (χ3v) is 5.06. The summed E-state index contributed by atoms with van der Waals surface area (Å²) in [6.45, 7) is 0.457. The van der Waals surface area contributed by atoms with E-state index >= 15 is 0 Å². The maximum atomic E-state index is 10.1. The van der Waals surface area contributed by atoms with Crippen molar-refractivity contribution in [3.8, 4) is 0 Å². The van der Waals surface area contributed by atoms with E-state index in [1.807, 2.05) is 0 Å². The zero-order chi connectivity index (χ0) is 16.4. The first kappa shape index (κ1) is 15.1. The molecule has 0 spiro atoms. The second-order valence-corrected chi connectivity index (χ2v) is 6.60. The van der Waals surface area contributed by atoms with Crippen LogP contribution in [0.4, 0.5) is 0 Å². The van der Waals surface area contributed by atoms with Gasteiger partial charge >= 0.3 is 0 Å². The number of aryl methyl sites for hydroxylation is 1. The topological polar surface area (TPSA) is 29.4 Å². The molecule has 0 aromatic heterocycles. The van der Waals surface area contributed by atoms with Gasteiger partial charge in [0, 0.05) is 0 Å². The Bertz CT molecular complexity index is 973. The molecule has 24 heavy (non-hydrogen) atoms. The first-order valence-electron chi connectivity index (χ1n) is 8.83. The van der Waals surface area contributed by atoms with Crippen LogP contribution >= 0.6 is 0 Å². The quantitative estimate of drug-likeness (QED) is 0.219. The van der Waals surface area contributed by atoms with Gasteiger partial charge in [0.05, 0.1) is 6.54 Å². The summed E-state index contributed by atoms with van der Waals surface area (Å²) in [6, 6.07) is 20.1. The lowest BCUT2D eigenvalue weighted by atomic mass is 9.90. The number of nitrogens with zero attached hydrogens (tertiary/aromatic N) is 1. The summed E-state index contributed by atoms with van der Waals surface area (Å²) in [5, 5.41) is 11.1. The minimum Gasteiger partial charge on any atom is -0.151 e. The predicted molar refractivity (Wildman–Crippen MR) is 103 cm³/mol. The standard InChI is InChI=1S/C22H21NO/c24-23-15-4-2-1-3-6-16-9-10-19-12-11-17-7-5-8-18-13-14-20(16)22(19)21(17)18/h5,7-14H,1-4,6,15H2. The molecule has 2 nitrogen and oxygen atoms in total. The Morgan fingerprint density at radius 3 is 2.12 bits per heavy atom. The van der Waals surface area contributed by atoms with Gasteiger partial charge in [-0.3, -0.25) is 0 Å². The molecule has 0 unspecified atom stereocenters. The second-order valence-electron chi connectivity index (χ2n) is 6.60. The van der Waals surface area contributed by atoms with Crippen LogP contribution in [0.1, 0.15) is 31.2 Å². The van der Waals surface area contributed by atoms with Gasteiger partial charge in [-0.15, -0.1) is 0 Å². The SMILES string of the molecule is O=NCCCCCCc1ccc2ccc3cccc4ccc1c2c34. The highest BCUT2D eigenvalue weighted by atomic mass is 16.3. The zero-order valence-electron chi connectivity index (χ0n) is 13.8. The molecule has 0 aliphatic carbocycles. The molecule has 0 radical (unpaired) electrons. The van der Waals surface area contributed by atoms with Crippen LogP contribution in [0.15, 0.2) is 59.8 Å². The fraction of sp³-hybridized carbons (Fsp3) is 0.273. The van der Waals surface area contributed by atoms with E-state index in [2.05, 4.69) is 59.8 Å². The Balaban J connectivity index is 1.68. The molecule has 0 bridgehead atoms. The van der Waals surface area contributed by atoms with Crippen molar-refractivity contribution in [2.45, 2.75) is 32.1 Å². The monoisotopic (exact) mass is 315 g/mol. The highest BCUT2D eigenvalue weighted by Gasteiger charge is 2.10. The summed E-state index contributed by atoms with van der Waals surface area (Å²) in [5.41, 5.74) is 1.44. The Labute approximate surface area is 141 Å². The van der Waals surface area contributed by atoms with E-state index in [1.165, 1.54) is 44.3 Å². The molecule has 0 aliphatic rings. The molecule has 0 fully saturated rings. The number of unbranched alkanes of at least 4 members (excludes halogenated alkanes) is 3. The zero-order valence-corrected chi connectivity index (χ0v) is 13.8. The van der Waals surface area contributed by atoms with Crippen molar-refractivity contribution >= 4 is 32.3 Å². The molecule has 0 heterocycles. The highest BCUT2D eigenvalue weighted by Crippen LogP contribution is 2.36. The number of rotatable bonds is 7. The van der Waals surface area contributed by atoms with Crippen LogP contribution in [-0.4, -0.2) is 6.54 Å². The van der Waals surface area contributed by atoms with E-state index < -0.39 is 0 Å². The summed E-state index contributed by atoms with van der Waals surface area (Å²) in [5.74, 6) is 0. The third kappa shape index (κ3) is 2.62. The maximum absolute atomic E-state index is 10.1. The number of benzene rings is 4. The Morgan fingerprint density at radius 2 is 1.33 bits per heavy atom. The first-order chi connectivity index (χ1) is 11.9. The molecule has 0 amide bonds. The molecule has 4 aromatic carbocycles. The van der Waals surface area contributed by atoms with Gasteiger partial charge in [-0.25, -0.2) is 0 Å². The van der Waals surface area contributed by atoms with Crippen molar-refractivity contribution in [3.05, 3.63) is 65.1 Å². The Kier molecular flexibility index (Phi) is 4.12. The fourth-order valence-electron chi connectivity index (χ4n) is 3.86. The summed E-state index contributed by atoms with van der Waals surface area (Å²) >= 11 is 0. The van der Waals surface area contributed by atoms with Crippen LogP contribution in [0.5, 0.6) is 0 Å². The van der Waals surface area contributed by atoms with Crippen LogP contribution < -0.4 is 0 Å². The van der Waals surface area contributed by atoms with Crippen LogP contribution in [0.2, 0.25) is 0 Å². The van der Waals surface area contributed by atoms with Crippen molar-refractivity contribution < 1.29 is 0 Å². The van der Waals surface area contributed by atoms with Gasteiger partial charge in [-0.05, 0) is 57.1 Å². The molecule has 0 saturated carbocycles. The third-order valence-electron chi connectivity index (χ3n) is 5.06. The van der Waals surface area contributed by atoms with Gasteiger partial charge in [0.1, 0.15) is 0 Å². The summed E-state index contributed by atoms with van der Waals surface area (Å²) < 4.78 is 0. The predicted octanol–water partition coefficient (Wildman–Crippen LogP) is 6.45. The van der Waals surface area contributed by atoms with E-state index in [0.717, 1.165) is 25.7 Å². The van der Waals surface area contributed by atoms with Gasteiger partial charge in [0.25, 0.3) is 0 Å². The lowest BCUT2D eigenvalue weighted by Crippen LogP contribution is -1.91.